The molecule has 1 atom stereocenters. The second-order valence-corrected chi connectivity index (χ2v) is 10.7. The third kappa shape index (κ3) is 4.51. The molecule has 188 valence electrons. The number of benzene rings is 3. The standard InChI is InChI=1S/C25H13BrCl4N2O5/c26-12-1-3-13(4-2-12)31-10-11(9-16(31)33)25(36)37-15-7-5-14(6-8-15)32-23(34)17-18(24(32)35)20(28)22(30)21(29)19(17)27/h1-8,11H,9-10H2/t11-/m0/s1. The molecule has 0 radical (unpaired) electrons. The predicted molar refractivity (Wildman–Crippen MR) is 144 cm³/mol. The van der Waals surface area contributed by atoms with Crippen molar-refractivity contribution in [1.29, 1.82) is 0 Å². The number of halogens is 5. The van der Waals surface area contributed by atoms with Crippen molar-refractivity contribution < 1.29 is 23.9 Å². The topological polar surface area (TPSA) is 84.0 Å². The Morgan fingerprint density at radius 3 is 1.84 bits per heavy atom. The van der Waals surface area contributed by atoms with Gasteiger partial charge in [-0.1, -0.05) is 62.3 Å². The Kier molecular flexibility index (Phi) is 6.98. The maximum atomic E-state index is 13.0. The highest BCUT2D eigenvalue weighted by atomic mass is 79.9. The van der Waals surface area contributed by atoms with E-state index in [1.165, 1.54) is 24.3 Å². The smallest absolute Gasteiger partial charge is 0.316 e. The summed E-state index contributed by atoms with van der Waals surface area (Å²) in [6, 6.07) is 12.9. The molecule has 0 saturated carbocycles. The van der Waals surface area contributed by atoms with E-state index in [2.05, 4.69) is 15.9 Å². The second kappa shape index (κ2) is 9.93. The molecule has 2 aliphatic rings. The molecule has 12 heteroatoms. The minimum atomic E-state index is -0.715. The van der Waals surface area contributed by atoms with Crippen LogP contribution in [0, 0.1) is 5.92 Å². The number of hydrogen-bond donors (Lipinski definition) is 0. The number of imide groups is 1. The van der Waals surface area contributed by atoms with E-state index in [0.717, 1.165) is 9.37 Å². The number of ether oxygens (including phenoxy) is 1. The molecule has 3 amide bonds. The number of anilines is 2. The first-order chi connectivity index (χ1) is 17.6. The van der Waals surface area contributed by atoms with Crippen LogP contribution in [0.5, 0.6) is 5.75 Å². The van der Waals surface area contributed by atoms with E-state index in [-0.39, 0.29) is 61.5 Å². The maximum absolute atomic E-state index is 13.0. The van der Waals surface area contributed by atoms with Crippen molar-refractivity contribution in [3.05, 3.63) is 84.2 Å². The van der Waals surface area contributed by atoms with Crippen LogP contribution in [0.3, 0.4) is 0 Å². The van der Waals surface area contributed by atoms with Gasteiger partial charge >= 0.3 is 5.97 Å². The van der Waals surface area contributed by atoms with E-state index in [4.69, 9.17) is 51.1 Å². The molecule has 5 rings (SSSR count). The summed E-state index contributed by atoms with van der Waals surface area (Å²) < 4.78 is 6.34. The summed E-state index contributed by atoms with van der Waals surface area (Å²) in [6.07, 6.45) is 0.0225. The molecule has 1 saturated heterocycles. The molecule has 37 heavy (non-hydrogen) atoms. The monoisotopic (exact) mass is 640 g/mol. The van der Waals surface area contributed by atoms with Crippen LogP contribution in [0.1, 0.15) is 27.1 Å². The van der Waals surface area contributed by atoms with Crippen LogP contribution >= 0.6 is 62.3 Å². The molecular formula is C25H13BrCl4N2O5. The Morgan fingerprint density at radius 2 is 1.30 bits per heavy atom. The summed E-state index contributed by atoms with van der Waals surface area (Å²) in [7, 11) is 0. The van der Waals surface area contributed by atoms with Crippen LogP contribution in [0.25, 0.3) is 0 Å². The quantitative estimate of drug-likeness (QED) is 0.103. The van der Waals surface area contributed by atoms with Crippen LogP contribution in [-0.2, 0) is 9.59 Å². The fraction of sp³-hybridized carbons (Fsp3) is 0.120. The zero-order valence-electron chi connectivity index (χ0n) is 18.4. The summed E-state index contributed by atoms with van der Waals surface area (Å²) in [5.74, 6) is -2.64. The van der Waals surface area contributed by atoms with Gasteiger partial charge in [0.25, 0.3) is 11.8 Å². The van der Waals surface area contributed by atoms with Gasteiger partial charge in [-0.2, -0.15) is 0 Å². The molecule has 0 bridgehead atoms. The molecule has 2 aliphatic heterocycles. The number of hydrogen-bond acceptors (Lipinski definition) is 5. The highest BCUT2D eigenvalue weighted by Gasteiger charge is 2.42. The van der Waals surface area contributed by atoms with E-state index >= 15 is 0 Å². The first kappa shape index (κ1) is 26.0. The fourth-order valence-corrected chi connectivity index (χ4v) is 5.46. The zero-order chi connectivity index (χ0) is 26.6. The van der Waals surface area contributed by atoms with Crippen LogP contribution in [0.15, 0.2) is 53.0 Å². The number of rotatable bonds is 4. The van der Waals surface area contributed by atoms with E-state index in [0.29, 0.717) is 5.69 Å². The van der Waals surface area contributed by atoms with Gasteiger partial charge in [-0.25, -0.2) is 4.90 Å². The van der Waals surface area contributed by atoms with Crippen LogP contribution in [0.2, 0.25) is 20.1 Å². The Bertz CT molecular complexity index is 1450. The minimum absolute atomic E-state index is 0.0225. The van der Waals surface area contributed by atoms with Gasteiger partial charge in [0.15, 0.2) is 0 Å². The third-order valence-electron chi connectivity index (χ3n) is 6.01. The lowest BCUT2D eigenvalue weighted by atomic mass is 10.1. The molecule has 7 nitrogen and oxygen atoms in total. The van der Waals surface area contributed by atoms with Crippen LogP contribution in [0.4, 0.5) is 11.4 Å². The molecule has 0 spiro atoms. The maximum Gasteiger partial charge on any atom is 0.316 e. The van der Waals surface area contributed by atoms with Gasteiger partial charge in [0.2, 0.25) is 5.91 Å². The van der Waals surface area contributed by atoms with Gasteiger partial charge in [-0.3, -0.25) is 19.2 Å². The molecular weight excluding hydrogens is 630 g/mol. The lowest BCUT2D eigenvalue weighted by Gasteiger charge is -2.17. The summed E-state index contributed by atoms with van der Waals surface area (Å²) in [4.78, 5) is 53.7. The van der Waals surface area contributed by atoms with Gasteiger partial charge in [-0.05, 0) is 48.5 Å². The lowest BCUT2D eigenvalue weighted by Crippen LogP contribution is -2.29. The number of nitrogens with zero attached hydrogens (tertiary/aromatic N) is 2. The summed E-state index contributed by atoms with van der Waals surface area (Å²) >= 11 is 27.8. The van der Waals surface area contributed by atoms with E-state index in [1.807, 2.05) is 12.1 Å². The second-order valence-electron chi connectivity index (χ2n) is 8.25. The Labute approximate surface area is 238 Å². The van der Waals surface area contributed by atoms with Crippen molar-refractivity contribution >= 4 is 97.4 Å². The Balaban J connectivity index is 1.31. The summed E-state index contributed by atoms with van der Waals surface area (Å²) in [5.41, 5.74) is 0.616. The van der Waals surface area contributed by atoms with E-state index in [1.54, 1.807) is 17.0 Å². The van der Waals surface area contributed by atoms with Crippen molar-refractivity contribution in [2.45, 2.75) is 6.42 Å². The lowest BCUT2D eigenvalue weighted by molar-refractivity contribution is -0.139. The highest BCUT2D eigenvalue weighted by molar-refractivity contribution is 9.10. The molecule has 0 unspecified atom stereocenters. The van der Waals surface area contributed by atoms with Crippen molar-refractivity contribution in [1.82, 2.24) is 0 Å². The summed E-state index contributed by atoms with van der Waals surface area (Å²) in [6.45, 7) is 0.194. The number of carbonyl (C=O) groups excluding carboxylic acids is 4. The third-order valence-corrected chi connectivity index (χ3v) is 8.34. The van der Waals surface area contributed by atoms with Gasteiger partial charge < -0.3 is 9.64 Å². The van der Waals surface area contributed by atoms with Crippen molar-refractivity contribution in [3.8, 4) is 5.75 Å². The minimum Gasteiger partial charge on any atom is -0.426 e. The number of fused-ring (bicyclic) bond motifs is 1. The predicted octanol–water partition coefficient (Wildman–Crippen LogP) is 6.82. The van der Waals surface area contributed by atoms with Crippen LogP contribution in [-0.4, -0.2) is 30.2 Å². The van der Waals surface area contributed by atoms with E-state index in [9.17, 15) is 19.2 Å². The Hall–Kier alpha value is -2.62. The molecule has 3 aromatic carbocycles. The van der Waals surface area contributed by atoms with Crippen molar-refractivity contribution in [2.75, 3.05) is 16.3 Å². The fourth-order valence-electron chi connectivity index (χ4n) is 4.18. The van der Waals surface area contributed by atoms with Gasteiger partial charge in [0, 0.05) is 23.1 Å². The average molecular weight is 643 g/mol. The number of esters is 1. The van der Waals surface area contributed by atoms with Gasteiger partial charge in [0.1, 0.15) is 5.75 Å². The van der Waals surface area contributed by atoms with Crippen LogP contribution < -0.4 is 14.5 Å². The SMILES string of the molecule is O=C(Oc1ccc(N2C(=O)c3c(Cl)c(Cl)c(Cl)c(Cl)c3C2=O)cc1)[C@H]1CC(=O)N(c2ccc(Br)cc2)C1. The number of amides is 3. The molecule has 0 N–H and O–H groups in total. The average Bonchev–Trinajstić information content (AvgIpc) is 3.39. The Morgan fingerprint density at radius 1 is 0.784 bits per heavy atom. The first-order valence-corrected chi connectivity index (χ1v) is 13.0. The highest BCUT2D eigenvalue weighted by Crippen LogP contribution is 2.45. The molecule has 3 aromatic rings. The zero-order valence-corrected chi connectivity index (χ0v) is 23.0. The van der Waals surface area contributed by atoms with Gasteiger partial charge in [0.05, 0.1) is 42.8 Å². The largest absolute Gasteiger partial charge is 0.426 e. The number of carbonyl (C=O) groups is 4. The van der Waals surface area contributed by atoms with Crippen molar-refractivity contribution in [2.24, 2.45) is 5.92 Å². The molecule has 0 aliphatic carbocycles. The first-order valence-electron chi connectivity index (χ1n) is 10.7. The van der Waals surface area contributed by atoms with Gasteiger partial charge in [-0.15, -0.1) is 0 Å². The molecule has 0 aromatic heterocycles. The normalized spacial score (nSPS) is 17.0. The molecule has 2 heterocycles. The summed E-state index contributed by atoms with van der Waals surface area (Å²) in [5, 5.41) is -0.579. The molecule has 1 fully saturated rings. The van der Waals surface area contributed by atoms with Crippen molar-refractivity contribution in [3.63, 3.8) is 0 Å². The van der Waals surface area contributed by atoms with E-state index < -0.39 is 23.7 Å².